The number of ether oxygens (including phenoxy) is 1. The molecule has 0 aliphatic carbocycles. The SMILES string of the molecule is CC(=O)O.CC1C(=O)c2c(O)cc(O)cc2OC1c1cc(O)c(O)c(O)c1. The molecule has 0 radical (unpaired) electrons. The Hall–Kier alpha value is -3.62. The molecule has 0 aromatic heterocycles. The highest BCUT2D eigenvalue weighted by Crippen LogP contribution is 2.46. The molecule has 0 saturated carbocycles. The number of hydrogen-bond acceptors (Lipinski definition) is 8. The Morgan fingerprint density at radius 1 is 0.963 bits per heavy atom. The van der Waals surface area contributed by atoms with Gasteiger partial charge in [-0.3, -0.25) is 9.59 Å². The smallest absolute Gasteiger partial charge is 0.300 e. The van der Waals surface area contributed by atoms with E-state index >= 15 is 0 Å². The summed E-state index contributed by atoms with van der Waals surface area (Å²) < 4.78 is 5.67. The average molecular weight is 378 g/mol. The summed E-state index contributed by atoms with van der Waals surface area (Å²) in [5.41, 5.74) is 0.242. The van der Waals surface area contributed by atoms with E-state index < -0.39 is 41.0 Å². The molecule has 144 valence electrons. The van der Waals surface area contributed by atoms with Gasteiger partial charge in [-0.25, -0.2) is 0 Å². The topological polar surface area (TPSA) is 165 Å². The van der Waals surface area contributed by atoms with E-state index in [9.17, 15) is 30.3 Å². The van der Waals surface area contributed by atoms with Crippen molar-refractivity contribution < 1.29 is 45.0 Å². The normalized spacial score (nSPS) is 17.9. The highest BCUT2D eigenvalue weighted by Gasteiger charge is 2.38. The van der Waals surface area contributed by atoms with Crippen LogP contribution in [0.3, 0.4) is 0 Å². The van der Waals surface area contributed by atoms with Crippen LogP contribution >= 0.6 is 0 Å². The van der Waals surface area contributed by atoms with Crippen molar-refractivity contribution >= 4 is 11.8 Å². The summed E-state index contributed by atoms with van der Waals surface area (Å²) in [6.45, 7) is 2.66. The molecule has 0 spiro atoms. The molecule has 2 unspecified atom stereocenters. The molecule has 1 heterocycles. The maximum Gasteiger partial charge on any atom is 0.300 e. The van der Waals surface area contributed by atoms with Gasteiger partial charge in [0.15, 0.2) is 23.0 Å². The zero-order valence-corrected chi connectivity index (χ0v) is 14.4. The van der Waals surface area contributed by atoms with Crippen molar-refractivity contribution in [2.24, 2.45) is 5.92 Å². The summed E-state index contributed by atoms with van der Waals surface area (Å²) in [6, 6.07) is 4.60. The maximum absolute atomic E-state index is 12.5. The standard InChI is InChI=1S/C16H14O7.C2H4O2/c1-6-14(21)13-9(18)4-8(17)5-12(13)23-16(6)7-2-10(19)15(22)11(20)3-7;1-2(3)4/h2-6,16-20,22H,1H3;1H3,(H,3,4). The Labute approximate surface area is 153 Å². The van der Waals surface area contributed by atoms with Gasteiger partial charge in [0, 0.05) is 24.6 Å². The molecule has 2 aromatic rings. The van der Waals surface area contributed by atoms with Crippen LogP contribution in [0.5, 0.6) is 34.5 Å². The minimum atomic E-state index is -0.867. The van der Waals surface area contributed by atoms with Crippen molar-refractivity contribution in [3.05, 3.63) is 35.4 Å². The number of fused-ring (bicyclic) bond motifs is 1. The van der Waals surface area contributed by atoms with Crippen LogP contribution in [0, 0.1) is 5.92 Å². The van der Waals surface area contributed by atoms with Crippen molar-refractivity contribution in [3.8, 4) is 34.5 Å². The number of ketones is 1. The van der Waals surface area contributed by atoms with Gasteiger partial charge in [-0.2, -0.15) is 0 Å². The van der Waals surface area contributed by atoms with Gasteiger partial charge in [-0.15, -0.1) is 0 Å². The number of hydrogen-bond donors (Lipinski definition) is 6. The largest absolute Gasteiger partial charge is 0.508 e. The number of carboxylic acid groups (broad SMARTS) is 1. The first-order chi connectivity index (χ1) is 12.5. The molecule has 0 bridgehead atoms. The van der Waals surface area contributed by atoms with Crippen LogP contribution in [0.2, 0.25) is 0 Å². The van der Waals surface area contributed by atoms with Crippen molar-refractivity contribution in [3.63, 3.8) is 0 Å². The molecule has 9 nitrogen and oxygen atoms in total. The molecule has 1 aliphatic rings. The fraction of sp³-hybridized carbons (Fsp3) is 0.222. The summed E-state index contributed by atoms with van der Waals surface area (Å²) in [5.74, 6) is -4.37. The highest BCUT2D eigenvalue weighted by atomic mass is 16.5. The summed E-state index contributed by atoms with van der Waals surface area (Å²) in [6.07, 6.45) is -0.867. The number of aromatic hydroxyl groups is 5. The van der Waals surface area contributed by atoms with E-state index in [1.807, 2.05) is 0 Å². The lowest BCUT2D eigenvalue weighted by atomic mass is 9.86. The van der Waals surface area contributed by atoms with Crippen LogP contribution < -0.4 is 4.74 Å². The van der Waals surface area contributed by atoms with Crippen LogP contribution in [0.25, 0.3) is 0 Å². The van der Waals surface area contributed by atoms with Gasteiger partial charge in [-0.1, -0.05) is 6.92 Å². The number of Topliss-reactive ketones (excluding diaryl/α,β-unsaturated/α-hetero) is 1. The van der Waals surface area contributed by atoms with Crippen LogP contribution in [0.4, 0.5) is 0 Å². The molecule has 0 saturated heterocycles. The quantitative estimate of drug-likeness (QED) is 0.408. The molecule has 0 fully saturated rings. The predicted molar refractivity (Wildman–Crippen MR) is 91.4 cm³/mol. The average Bonchev–Trinajstić information content (AvgIpc) is 2.54. The molecule has 9 heteroatoms. The summed E-state index contributed by atoms with van der Waals surface area (Å²) in [5, 5.41) is 55.4. The minimum absolute atomic E-state index is 0.00246. The van der Waals surface area contributed by atoms with E-state index in [1.54, 1.807) is 6.92 Å². The Kier molecular flexibility index (Phi) is 5.34. The van der Waals surface area contributed by atoms with Crippen LogP contribution in [0.15, 0.2) is 24.3 Å². The van der Waals surface area contributed by atoms with Crippen molar-refractivity contribution in [1.29, 1.82) is 0 Å². The van der Waals surface area contributed by atoms with E-state index in [1.165, 1.54) is 18.2 Å². The van der Waals surface area contributed by atoms with E-state index in [0.717, 1.165) is 13.0 Å². The van der Waals surface area contributed by atoms with Crippen LogP contribution in [-0.2, 0) is 4.79 Å². The second-order valence-electron chi connectivity index (χ2n) is 5.96. The Morgan fingerprint density at radius 3 is 2.00 bits per heavy atom. The number of rotatable bonds is 1. The third kappa shape index (κ3) is 3.97. The molecule has 27 heavy (non-hydrogen) atoms. The highest BCUT2D eigenvalue weighted by molar-refractivity contribution is 6.04. The Bertz CT molecular complexity index is 877. The Morgan fingerprint density at radius 2 is 1.48 bits per heavy atom. The first kappa shape index (κ1) is 19.7. The van der Waals surface area contributed by atoms with Gasteiger partial charge in [0.1, 0.15) is 28.9 Å². The van der Waals surface area contributed by atoms with Gasteiger partial charge < -0.3 is 35.4 Å². The third-order valence-corrected chi connectivity index (χ3v) is 3.85. The van der Waals surface area contributed by atoms with Crippen LogP contribution in [-0.4, -0.2) is 42.4 Å². The first-order valence-corrected chi connectivity index (χ1v) is 7.74. The fourth-order valence-electron chi connectivity index (χ4n) is 2.68. The van der Waals surface area contributed by atoms with Gasteiger partial charge in [0.05, 0.1) is 5.92 Å². The monoisotopic (exact) mass is 378 g/mol. The maximum atomic E-state index is 12.5. The van der Waals surface area contributed by atoms with E-state index in [4.69, 9.17) is 14.6 Å². The number of phenolic OH excluding ortho intramolecular Hbond substituents is 5. The third-order valence-electron chi connectivity index (χ3n) is 3.85. The molecule has 2 aromatic carbocycles. The number of benzene rings is 2. The molecule has 6 N–H and O–H groups in total. The lowest BCUT2D eigenvalue weighted by molar-refractivity contribution is -0.134. The minimum Gasteiger partial charge on any atom is -0.508 e. The Balaban J connectivity index is 0.000000596. The number of phenols is 5. The molecular weight excluding hydrogens is 360 g/mol. The van der Waals surface area contributed by atoms with E-state index in [-0.39, 0.29) is 28.4 Å². The number of carbonyl (C=O) groups excluding carboxylic acids is 1. The molecule has 3 rings (SSSR count). The lowest BCUT2D eigenvalue weighted by Crippen LogP contribution is -2.29. The van der Waals surface area contributed by atoms with Crippen molar-refractivity contribution in [2.75, 3.05) is 0 Å². The van der Waals surface area contributed by atoms with Gasteiger partial charge in [0.25, 0.3) is 5.97 Å². The molecule has 2 atom stereocenters. The number of aliphatic carboxylic acids is 1. The van der Waals surface area contributed by atoms with Gasteiger partial charge in [0.2, 0.25) is 0 Å². The molecule has 0 amide bonds. The number of carboxylic acids is 1. The fourth-order valence-corrected chi connectivity index (χ4v) is 2.68. The zero-order chi connectivity index (χ0) is 20.5. The van der Waals surface area contributed by atoms with Gasteiger partial charge >= 0.3 is 0 Å². The first-order valence-electron chi connectivity index (χ1n) is 7.74. The summed E-state index contributed by atoms with van der Waals surface area (Å²) in [4.78, 5) is 21.5. The predicted octanol–water partition coefficient (Wildman–Crippen LogP) is 2.26. The number of carbonyl (C=O) groups is 2. The zero-order valence-electron chi connectivity index (χ0n) is 14.4. The molecular formula is C18H18O9. The second-order valence-corrected chi connectivity index (χ2v) is 5.96. The van der Waals surface area contributed by atoms with Crippen molar-refractivity contribution in [1.82, 2.24) is 0 Å². The van der Waals surface area contributed by atoms with Crippen LogP contribution in [0.1, 0.15) is 35.9 Å². The van der Waals surface area contributed by atoms with Crippen molar-refractivity contribution in [2.45, 2.75) is 20.0 Å². The molecule has 1 aliphatic heterocycles. The second kappa shape index (κ2) is 7.32. The van der Waals surface area contributed by atoms with E-state index in [2.05, 4.69) is 0 Å². The lowest BCUT2D eigenvalue weighted by Gasteiger charge is -2.31. The summed E-state index contributed by atoms with van der Waals surface area (Å²) >= 11 is 0. The summed E-state index contributed by atoms with van der Waals surface area (Å²) in [7, 11) is 0. The van der Waals surface area contributed by atoms with E-state index in [0.29, 0.717) is 0 Å². The van der Waals surface area contributed by atoms with Gasteiger partial charge in [-0.05, 0) is 12.1 Å².